The van der Waals surface area contributed by atoms with Crippen molar-refractivity contribution in [3.63, 3.8) is 0 Å². The van der Waals surface area contributed by atoms with E-state index in [4.69, 9.17) is 0 Å². The van der Waals surface area contributed by atoms with E-state index in [1.807, 2.05) is 26.0 Å². The van der Waals surface area contributed by atoms with Crippen LogP contribution in [0.25, 0.3) is 11.1 Å². The molecule has 0 N–H and O–H groups in total. The third-order valence-corrected chi connectivity index (χ3v) is 5.62. The minimum Gasteiger partial charge on any atom is -0.295 e. The van der Waals surface area contributed by atoms with Crippen molar-refractivity contribution >= 4 is 16.9 Å². The van der Waals surface area contributed by atoms with Gasteiger partial charge in [-0.2, -0.15) is 0 Å². The second-order valence-electron chi connectivity index (χ2n) is 8.31. The number of hydrogen-bond acceptors (Lipinski definition) is 1. The van der Waals surface area contributed by atoms with E-state index in [0.29, 0.717) is 0 Å². The number of Topliss-reactive ketones (excluding diaryl/α,β-unsaturated/α-hetero) is 1. The lowest BCUT2D eigenvalue weighted by molar-refractivity contribution is -0.113. The predicted octanol–water partition coefficient (Wildman–Crippen LogP) is 8.14. The average Bonchev–Trinajstić information content (AvgIpc) is 2.76. The third-order valence-electron chi connectivity index (χ3n) is 5.62. The molecule has 2 rings (SSSR count). The van der Waals surface area contributed by atoms with Crippen LogP contribution < -0.4 is 0 Å². The van der Waals surface area contributed by atoms with Crippen molar-refractivity contribution in [3.8, 4) is 0 Å². The molecule has 0 fully saturated rings. The van der Waals surface area contributed by atoms with Gasteiger partial charge in [0.05, 0.1) is 0 Å². The highest BCUT2D eigenvalue weighted by molar-refractivity contribution is 5.93. The number of carbonyl (C=O) groups excluding carboxylic acids is 1. The highest BCUT2D eigenvalue weighted by atomic mass is 16.1. The Kier molecular flexibility index (Phi) is 8.75. The number of benzene rings is 2. The van der Waals surface area contributed by atoms with E-state index in [2.05, 4.69) is 88.0 Å². The molecule has 0 saturated heterocycles. The Bertz CT molecular complexity index is 965. The maximum Gasteiger partial charge on any atom is 0.155 e. The summed E-state index contributed by atoms with van der Waals surface area (Å²) in [6.07, 6.45) is 9.08. The molecule has 0 atom stereocenters. The molecule has 0 bridgehead atoms. The van der Waals surface area contributed by atoms with Crippen molar-refractivity contribution < 1.29 is 4.79 Å². The zero-order valence-corrected chi connectivity index (χ0v) is 19.8. The van der Waals surface area contributed by atoms with Gasteiger partial charge in [-0.25, -0.2) is 0 Å². The Morgan fingerprint density at radius 2 is 1.03 bits per heavy atom. The van der Waals surface area contributed by atoms with E-state index in [0.717, 1.165) is 23.1 Å². The fourth-order valence-corrected chi connectivity index (χ4v) is 2.96. The summed E-state index contributed by atoms with van der Waals surface area (Å²) in [5, 5.41) is 0. The second-order valence-corrected chi connectivity index (χ2v) is 8.31. The standard InChI is InChI=1S/C30H34O/c1-21(2)22(3)8-10-24(5)29-16-12-27(13-17-29)20-28-14-18-30(19-15-28)25(6)11-9-23(4)26(7)31/h8-19H,1,20H2,2-7H3/b22-8+,23-9+,24-10+,25-11+. The van der Waals surface area contributed by atoms with Crippen molar-refractivity contribution in [1.29, 1.82) is 0 Å². The molecular formula is C30H34O. The van der Waals surface area contributed by atoms with Gasteiger partial charge in [0.15, 0.2) is 5.78 Å². The van der Waals surface area contributed by atoms with Crippen molar-refractivity contribution in [2.24, 2.45) is 0 Å². The molecule has 0 saturated carbocycles. The number of ketones is 1. The first-order chi connectivity index (χ1) is 14.7. The molecule has 0 aliphatic rings. The average molecular weight is 411 g/mol. The minimum atomic E-state index is 0.106. The van der Waals surface area contributed by atoms with Crippen LogP contribution in [0.2, 0.25) is 0 Å². The van der Waals surface area contributed by atoms with Crippen molar-refractivity contribution in [1.82, 2.24) is 0 Å². The Hall–Kier alpha value is -3.19. The summed E-state index contributed by atoms with van der Waals surface area (Å²) in [7, 11) is 0. The van der Waals surface area contributed by atoms with Gasteiger partial charge in [0.1, 0.15) is 0 Å². The van der Waals surface area contributed by atoms with Gasteiger partial charge >= 0.3 is 0 Å². The van der Waals surface area contributed by atoms with Crippen molar-refractivity contribution in [2.75, 3.05) is 0 Å². The van der Waals surface area contributed by atoms with E-state index in [-0.39, 0.29) is 5.78 Å². The molecule has 2 aromatic rings. The van der Waals surface area contributed by atoms with Gasteiger partial charge in [-0.1, -0.05) is 85.0 Å². The number of carbonyl (C=O) groups is 1. The summed E-state index contributed by atoms with van der Waals surface area (Å²) in [5.41, 5.74) is 10.4. The molecule has 0 aliphatic carbocycles. The lowest BCUT2D eigenvalue weighted by Crippen LogP contribution is -1.91. The Morgan fingerprint density at radius 1 is 0.645 bits per heavy atom. The van der Waals surface area contributed by atoms with Crippen LogP contribution in [0.1, 0.15) is 63.8 Å². The van der Waals surface area contributed by atoms with E-state index in [1.54, 1.807) is 6.92 Å². The highest BCUT2D eigenvalue weighted by Crippen LogP contribution is 2.20. The molecule has 0 aliphatic heterocycles. The molecule has 0 amide bonds. The van der Waals surface area contributed by atoms with E-state index >= 15 is 0 Å². The molecule has 2 aromatic carbocycles. The van der Waals surface area contributed by atoms with Crippen LogP contribution >= 0.6 is 0 Å². The summed E-state index contributed by atoms with van der Waals surface area (Å²) in [4.78, 5) is 11.3. The Morgan fingerprint density at radius 3 is 1.39 bits per heavy atom. The number of rotatable bonds is 8. The molecular weight excluding hydrogens is 376 g/mol. The van der Waals surface area contributed by atoms with Crippen molar-refractivity contribution in [3.05, 3.63) is 118 Å². The van der Waals surface area contributed by atoms with Gasteiger partial charge in [-0.3, -0.25) is 4.79 Å². The summed E-state index contributed by atoms with van der Waals surface area (Å²) in [5.74, 6) is 0.106. The van der Waals surface area contributed by atoms with Crippen LogP contribution in [0.15, 0.2) is 96.1 Å². The molecule has 1 nitrogen and oxygen atoms in total. The molecule has 0 aromatic heterocycles. The Labute approximate surface area is 188 Å². The van der Waals surface area contributed by atoms with Crippen LogP contribution in [-0.2, 0) is 11.2 Å². The van der Waals surface area contributed by atoms with Gasteiger partial charge in [0, 0.05) is 0 Å². The summed E-state index contributed by atoms with van der Waals surface area (Å²) >= 11 is 0. The zero-order valence-electron chi connectivity index (χ0n) is 19.8. The number of hydrogen-bond donors (Lipinski definition) is 0. The number of allylic oxidation sites excluding steroid dienone is 9. The van der Waals surface area contributed by atoms with E-state index < -0.39 is 0 Å². The van der Waals surface area contributed by atoms with Crippen LogP contribution in [0.5, 0.6) is 0 Å². The van der Waals surface area contributed by atoms with E-state index in [9.17, 15) is 4.79 Å². The van der Waals surface area contributed by atoms with Crippen molar-refractivity contribution in [2.45, 2.75) is 48.0 Å². The lowest BCUT2D eigenvalue weighted by atomic mass is 9.98. The SMILES string of the molecule is C=C(C)/C(C)=C/C=C(\C)c1ccc(Cc2ccc(/C(C)=C/C=C(\C)C(C)=O)cc2)cc1. The molecule has 0 radical (unpaired) electrons. The highest BCUT2D eigenvalue weighted by Gasteiger charge is 2.01. The first kappa shape index (κ1) is 24.1. The zero-order chi connectivity index (χ0) is 23.0. The molecule has 160 valence electrons. The Balaban J connectivity index is 2.07. The second kappa shape index (κ2) is 11.3. The maximum absolute atomic E-state index is 11.3. The predicted molar refractivity (Wildman–Crippen MR) is 136 cm³/mol. The monoisotopic (exact) mass is 410 g/mol. The van der Waals surface area contributed by atoms with E-state index in [1.165, 1.54) is 33.4 Å². The first-order valence-electron chi connectivity index (χ1n) is 10.7. The fourth-order valence-electron chi connectivity index (χ4n) is 2.96. The fraction of sp³-hybridized carbons (Fsp3) is 0.233. The van der Waals surface area contributed by atoms with Gasteiger partial charge in [-0.05, 0) is 92.5 Å². The van der Waals surface area contributed by atoms with Crippen LogP contribution in [-0.4, -0.2) is 5.78 Å². The van der Waals surface area contributed by atoms with Gasteiger partial charge in [0.25, 0.3) is 0 Å². The first-order valence-corrected chi connectivity index (χ1v) is 10.7. The third kappa shape index (κ3) is 7.53. The molecule has 1 heteroatoms. The van der Waals surface area contributed by atoms with Gasteiger partial charge in [0.2, 0.25) is 0 Å². The maximum atomic E-state index is 11.3. The summed E-state index contributed by atoms with van der Waals surface area (Å²) < 4.78 is 0. The molecule has 0 unspecified atom stereocenters. The topological polar surface area (TPSA) is 17.1 Å². The smallest absolute Gasteiger partial charge is 0.155 e. The minimum absolute atomic E-state index is 0.106. The van der Waals surface area contributed by atoms with Gasteiger partial charge in [-0.15, -0.1) is 0 Å². The lowest BCUT2D eigenvalue weighted by Gasteiger charge is -2.07. The quantitative estimate of drug-likeness (QED) is 0.317. The molecule has 0 spiro atoms. The van der Waals surface area contributed by atoms with Crippen LogP contribution in [0, 0.1) is 0 Å². The largest absolute Gasteiger partial charge is 0.295 e. The molecule has 31 heavy (non-hydrogen) atoms. The van der Waals surface area contributed by atoms with Crippen LogP contribution in [0.4, 0.5) is 0 Å². The van der Waals surface area contributed by atoms with Crippen LogP contribution in [0.3, 0.4) is 0 Å². The normalized spacial score (nSPS) is 13.4. The summed E-state index contributed by atoms with van der Waals surface area (Å²) in [6, 6.07) is 17.4. The molecule has 0 heterocycles. The van der Waals surface area contributed by atoms with Gasteiger partial charge < -0.3 is 0 Å². The summed E-state index contributed by atoms with van der Waals surface area (Å²) in [6.45, 7) is 15.7.